The number of rotatable bonds is 1. The number of nitrogens with two attached hydrogens (primary N) is 2. The van der Waals surface area contributed by atoms with Crippen LogP contribution < -0.4 is 11.5 Å². The summed E-state index contributed by atoms with van der Waals surface area (Å²) in [4.78, 5) is 4.36. The molecule has 0 aromatic heterocycles. The van der Waals surface area contributed by atoms with Crippen molar-refractivity contribution in [1.29, 1.82) is 0 Å². The SMILES string of the molecule is CON=C1C(N)=NS(=O)(=O)N=C1N. The van der Waals surface area contributed by atoms with Gasteiger partial charge in [0.05, 0.1) is 0 Å². The molecule has 1 rings (SSSR count). The summed E-state index contributed by atoms with van der Waals surface area (Å²) >= 11 is 0. The molecule has 8 nitrogen and oxygen atoms in total. The highest BCUT2D eigenvalue weighted by molar-refractivity contribution is 7.89. The Labute approximate surface area is 74.2 Å². The van der Waals surface area contributed by atoms with Crippen LogP contribution in [0.4, 0.5) is 0 Å². The molecular formula is C4H7N5O3S. The Kier molecular flexibility index (Phi) is 2.19. The van der Waals surface area contributed by atoms with Crippen LogP contribution in [0, 0.1) is 0 Å². The molecular weight excluding hydrogens is 198 g/mol. The average Bonchev–Trinajstić information content (AvgIpc) is 1.94. The van der Waals surface area contributed by atoms with Crippen molar-refractivity contribution in [3.8, 4) is 0 Å². The van der Waals surface area contributed by atoms with Crippen LogP contribution in [-0.4, -0.2) is 32.9 Å². The van der Waals surface area contributed by atoms with E-state index in [1.165, 1.54) is 7.11 Å². The van der Waals surface area contributed by atoms with Crippen LogP contribution in [0.15, 0.2) is 14.0 Å². The van der Waals surface area contributed by atoms with Gasteiger partial charge in [-0.2, -0.15) is 8.42 Å². The van der Waals surface area contributed by atoms with Crippen LogP contribution in [0.3, 0.4) is 0 Å². The summed E-state index contributed by atoms with van der Waals surface area (Å²) in [5, 5.41) is 3.35. The number of oxime groups is 1. The maximum absolute atomic E-state index is 10.8. The zero-order valence-electron chi connectivity index (χ0n) is 6.63. The minimum absolute atomic E-state index is 0.0858. The maximum Gasteiger partial charge on any atom is 0.367 e. The Morgan fingerprint density at radius 2 is 1.77 bits per heavy atom. The molecule has 9 heteroatoms. The molecule has 0 aromatic carbocycles. The summed E-state index contributed by atoms with van der Waals surface area (Å²) < 4.78 is 27.7. The van der Waals surface area contributed by atoms with Crippen molar-refractivity contribution in [2.24, 2.45) is 25.4 Å². The lowest BCUT2D eigenvalue weighted by Crippen LogP contribution is -2.40. The molecule has 4 N–H and O–H groups in total. The second-order valence-electron chi connectivity index (χ2n) is 2.02. The molecule has 0 fully saturated rings. The number of hydrogen-bond donors (Lipinski definition) is 2. The molecule has 0 unspecified atom stereocenters. The molecule has 0 saturated carbocycles. The van der Waals surface area contributed by atoms with E-state index in [0.717, 1.165) is 0 Å². The fourth-order valence-electron chi connectivity index (χ4n) is 0.671. The molecule has 1 aliphatic heterocycles. The molecule has 0 radical (unpaired) electrons. The molecule has 0 spiro atoms. The smallest absolute Gasteiger partial charge is 0.367 e. The lowest BCUT2D eigenvalue weighted by molar-refractivity contribution is 0.215. The van der Waals surface area contributed by atoms with Crippen molar-refractivity contribution in [3.05, 3.63) is 0 Å². The van der Waals surface area contributed by atoms with E-state index in [0.29, 0.717) is 0 Å². The van der Waals surface area contributed by atoms with Crippen LogP contribution in [0.1, 0.15) is 0 Å². The van der Waals surface area contributed by atoms with Crippen LogP contribution in [0.5, 0.6) is 0 Å². The summed E-state index contributed by atoms with van der Waals surface area (Å²) in [6, 6.07) is 0. The third-order valence-electron chi connectivity index (χ3n) is 1.10. The molecule has 0 saturated heterocycles. The first-order valence-corrected chi connectivity index (χ1v) is 4.43. The van der Waals surface area contributed by atoms with Gasteiger partial charge in [0, 0.05) is 0 Å². The summed E-state index contributed by atoms with van der Waals surface area (Å²) in [5.74, 6) is -0.677. The van der Waals surface area contributed by atoms with E-state index in [1.807, 2.05) is 0 Å². The normalized spacial score (nSPS) is 20.2. The number of hydrogen-bond acceptors (Lipinski definition) is 6. The van der Waals surface area contributed by atoms with E-state index in [4.69, 9.17) is 11.5 Å². The van der Waals surface area contributed by atoms with Crippen molar-refractivity contribution in [2.75, 3.05) is 7.11 Å². The van der Waals surface area contributed by atoms with Gasteiger partial charge in [-0.05, 0) is 0 Å². The summed E-state index contributed by atoms with van der Waals surface area (Å²) in [5.41, 5.74) is 10.4. The quantitative estimate of drug-likeness (QED) is 0.476. The van der Waals surface area contributed by atoms with Gasteiger partial charge in [0.1, 0.15) is 7.11 Å². The highest BCUT2D eigenvalue weighted by atomic mass is 32.2. The highest BCUT2D eigenvalue weighted by Crippen LogP contribution is 2.02. The molecule has 0 amide bonds. The molecule has 1 heterocycles. The molecule has 0 bridgehead atoms. The number of amidine groups is 2. The van der Waals surface area contributed by atoms with Gasteiger partial charge in [0.2, 0.25) is 0 Å². The Morgan fingerprint density at radius 3 is 2.15 bits per heavy atom. The van der Waals surface area contributed by atoms with Gasteiger partial charge in [-0.3, -0.25) is 0 Å². The Bertz CT molecular complexity index is 377. The first-order chi connectivity index (χ1) is 5.96. The summed E-state index contributed by atoms with van der Waals surface area (Å²) in [6.07, 6.45) is 0. The fourth-order valence-corrected chi connectivity index (χ4v) is 1.38. The minimum Gasteiger partial charge on any atom is -0.398 e. The van der Waals surface area contributed by atoms with Crippen molar-refractivity contribution in [3.63, 3.8) is 0 Å². The molecule has 0 aliphatic carbocycles. The molecule has 0 atom stereocenters. The van der Waals surface area contributed by atoms with E-state index in [1.54, 1.807) is 0 Å². The van der Waals surface area contributed by atoms with Crippen LogP contribution in [0.25, 0.3) is 0 Å². The van der Waals surface area contributed by atoms with E-state index in [-0.39, 0.29) is 17.4 Å². The first kappa shape index (κ1) is 9.45. The van der Waals surface area contributed by atoms with Gasteiger partial charge in [-0.25, -0.2) is 0 Å². The fraction of sp³-hybridized carbons (Fsp3) is 0.250. The lowest BCUT2D eigenvalue weighted by Gasteiger charge is -2.07. The van der Waals surface area contributed by atoms with Crippen LogP contribution in [-0.2, 0) is 15.0 Å². The first-order valence-electron chi connectivity index (χ1n) is 3.04. The van der Waals surface area contributed by atoms with Crippen molar-refractivity contribution in [1.82, 2.24) is 0 Å². The zero-order valence-corrected chi connectivity index (χ0v) is 7.45. The maximum atomic E-state index is 10.8. The topological polar surface area (TPSA) is 132 Å². The molecule has 1 aliphatic rings. The summed E-state index contributed by atoms with van der Waals surface area (Å²) in [7, 11) is -2.68. The predicted octanol–water partition coefficient (Wildman–Crippen LogP) is -2.04. The van der Waals surface area contributed by atoms with E-state index in [2.05, 4.69) is 18.8 Å². The second kappa shape index (κ2) is 3.01. The van der Waals surface area contributed by atoms with Crippen molar-refractivity contribution >= 4 is 27.6 Å². The lowest BCUT2D eigenvalue weighted by atomic mass is 10.3. The van der Waals surface area contributed by atoms with Gasteiger partial charge in [-0.15, -0.1) is 8.80 Å². The molecule has 72 valence electrons. The summed E-state index contributed by atoms with van der Waals surface area (Å²) in [6.45, 7) is 0. The van der Waals surface area contributed by atoms with Gasteiger partial charge in [-0.1, -0.05) is 5.16 Å². The predicted molar refractivity (Wildman–Crippen MR) is 46.6 cm³/mol. The minimum atomic E-state index is -3.94. The standard InChI is InChI=1S/C4H7N5O3S/c1-12-7-2-3(5)8-13(10,11)9-4(2)6/h1H3,(H2,5,8)(H2,6,9). The Hall–Kier alpha value is -1.64. The monoisotopic (exact) mass is 205 g/mol. The van der Waals surface area contributed by atoms with E-state index < -0.39 is 10.2 Å². The Morgan fingerprint density at radius 1 is 1.31 bits per heavy atom. The van der Waals surface area contributed by atoms with Crippen LogP contribution >= 0.6 is 0 Å². The van der Waals surface area contributed by atoms with Crippen molar-refractivity contribution < 1.29 is 13.3 Å². The average molecular weight is 205 g/mol. The van der Waals surface area contributed by atoms with Crippen LogP contribution in [0.2, 0.25) is 0 Å². The largest absolute Gasteiger partial charge is 0.398 e. The Balaban J connectivity index is 3.23. The van der Waals surface area contributed by atoms with Crippen molar-refractivity contribution in [2.45, 2.75) is 0 Å². The number of nitrogens with zero attached hydrogens (tertiary/aromatic N) is 3. The highest BCUT2D eigenvalue weighted by Gasteiger charge is 2.23. The third kappa shape index (κ3) is 1.93. The van der Waals surface area contributed by atoms with Gasteiger partial charge in [0.15, 0.2) is 17.4 Å². The second-order valence-corrected chi connectivity index (χ2v) is 3.28. The van der Waals surface area contributed by atoms with Gasteiger partial charge in [0.25, 0.3) is 0 Å². The van der Waals surface area contributed by atoms with E-state index in [9.17, 15) is 8.42 Å². The third-order valence-corrected chi connectivity index (χ3v) is 1.95. The van der Waals surface area contributed by atoms with Gasteiger partial charge < -0.3 is 16.3 Å². The van der Waals surface area contributed by atoms with E-state index >= 15 is 0 Å². The molecule has 13 heavy (non-hydrogen) atoms. The van der Waals surface area contributed by atoms with Gasteiger partial charge >= 0.3 is 10.2 Å². The zero-order chi connectivity index (χ0) is 10.1. The molecule has 0 aromatic rings.